The van der Waals surface area contributed by atoms with Crippen LogP contribution in [0.3, 0.4) is 0 Å². The van der Waals surface area contributed by atoms with E-state index in [-0.39, 0.29) is 30.6 Å². The number of carbonyl (C=O) groups excluding carboxylic acids is 3. The molecule has 5 heteroatoms. The van der Waals surface area contributed by atoms with Gasteiger partial charge in [0.15, 0.2) is 11.9 Å². The number of hydrogen-bond donors (Lipinski definition) is 1. The molecular weight excluding hydrogens is 318 g/mol. The van der Waals surface area contributed by atoms with Gasteiger partial charge in [-0.1, -0.05) is 12.1 Å². The number of ether oxygens (including phenoxy) is 1. The summed E-state index contributed by atoms with van der Waals surface area (Å²) in [4.78, 5) is 36.0. The number of esters is 1. The van der Waals surface area contributed by atoms with E-state index in [9.17, 15) is 14.4 Å². The van der Waals surface area contributed by atoms with Gasteiger partial charge in [-0.3, -0.25) is 14.4 Å². The van der Waals surface area contributed by atoms with Crippen molar-refractivity contribution < 1.29 is 19.1 Å². The maximum atomic E-state index is 12.3. The molecule has 0 unspecified atom stereocenters. The monoisotopic (exact) mass is 343 g/mol. The summed E-state index contributed by atoms with van der Waals surface area (Å²) in [6.07, 6.45) is 5.74. The largest absolute Gasteiger partial charge is 0.453 e. The molecule has 2 aliphatic carbocycles. The molecule has 0 aromatic heterocycles. The maximum Gasteiger partial charge on any atom is 0.307 e. The molecule has 1 aromatic rings. The second-order valence-electron chi connectivity index (χ2n) is 7.03. The van der Waals surface area contributed by atoms with Crippen LogP contribution >= 0.6 is 0 Å². The average molecular weight is 343 g/mol. The molecule has 0 aliphatic heterocycles. The number of Topliss-reactive ketones (excluding diaryl/α,β-unsaturated/α-hetero) is 1. The fourth-order valence-corrected chi connectivity index (χ4v) is 3.12. The second kappa shape index (κ2) is 7.81. The van der Waals surface area contributed by atoms with Crippen LogP contribution in [0.2, 0.25) is 0 Å². The SMILES string of the molecule is C[C@@H](OC(=O)CCC(=O)c1ccc2c(c1)CCCC2)C(=O)NC1CC1. The van der Waals surface area contributed by atoms with Crippen LogP contribution in [0, 0.1) is 0 Å². The summed E-state index contributed by atoms with van der Waals surface area (Å²) < 4.78 is 5.11. The molecule has 1 aromatic carbocycles. The Balaban J connectivity index is 1.46. The first-order valence-electron chi connectivity index (χ1n) is 9.18. The van der Waals surface area contributed by atoms with Crippen LogP contribution in [-0.4, -0.2) is 29.8 Å². The normalized spacial score (nSPS) is 17.3. The van der Waals surface area contributed by atoms with Crippen LogP contribution in [0.1, 0.15) is 66.9 Å². The van der Waals surface area contributed by atoms with Crippen LogP contribution in [0.5, 0.6) is 0 Å². The lowest BCUT2D eigenvalue weighted by atomic mass is 9.89. The topological polar surface area (TPSA) is 72.5 Å². The third kappa shape index (κ3) is 4.91. The molecule has 1 N–H and O–H groups in total. The Hall–Kier alpha value is -2.17. The molecule has 1 fully saturated rings. The van der Waals surface area contributed by atoms with Crippen LogP contribution in [-0.2, 0) is 27.2 Å². The van der Waals surface area contributed by atoms with Gasteiger partial charge in [0.2, 0.25) is 0 Å². The van der Waals surface area contributed by atoms with E-state index in [0.717, 1.165) is 32.1 Å². The summed E-state index contributed by atoms with van der Waals surface area (Å²) in [6.45, 7) is 1.56. The zero-order chi connectivity index (χ0) is 17.8. The van der Waals surface area contributed by atoms with Gasteiger partial charge in [-0.05, 0) is 62.6 Å². The summed E-state index contributed by atoms with van der Waals surface area (Å²) in [5, 5.41) is 2.80. The molecule has 0 heterocycles. The highest BCUT2D eigenvalue weighted by Crippen LogP contribution is 2.23. The first-order valence-corrected chi connectivity index (χ1v) is 9.18. The number of benzene rings is 1. The van der Waals surface area contributed by atoms with Crippen molar-refractivity contribution in [2.45, 2.75) is 70.4 Å². The average Bonchev–Trinajstić information content (AvgIpc) is 3.43. The molecule has 25 heavy (non-hydrogen) atoms. The summed E-state index contributed by atoms with van der Waals surface area (Å²) in [5.41, 5.74) is 3.25. The van der Waals surface area contributed by atoms with E-state index < -0.39 is 12.1 Å². The number of nitrogens with one attached hydrogen (secondary N) is 1. The van der Waals surface area contributed by atoms with Crippen molar-refractivity contribution in [1.29, 1.82) is 0 Å². The molecule has 0 saturated heterocycles. The number of carbonyl (C=O) groups is 3. The van der Waals surface area contributed by atoms with Gasteiger partial charge in [0, 0.05) is 18.0 Å². The van der Waals surface area contributed by atoms with Gasteiger partial charge in [0.25, 0.3) is 5.91 Å². The van der Waals surface area contributed by atoms with Crippen LogP contribution in [0.15, 0.2) is 18.2 Å². The molecular formula is C20H25NO4. The lowest BCUT2D eigenvalue weighted by Crippen LogP contribution is -2.37. The Morgan fingerprint density at radius 2 is 1.84 bits per heavy atom. The minimum Gasteiger partial charge on any atom is -0.453 e. The Labute approximate surface area is 148 Å². The molecule has 0 spiro atoms. The zero-order valence-electron chi connectivity index (χ0n) is 14.7. The van der Waals surface area contributed by atoms with E-state index in [0.29, 0.717) is 5.56 Å². The minimum absolute atomic E-state index is 0.00301. The van der Waals surface area contributed by atoms with Gasteiger partial charge in [-0.15, -0.1) is 0 Å². The van der Waals surface area contributed by atoms with Crippen LogP contribution in [0.4, 0.5) is 0 Å². The van der Waals surface area contributed by atoms with Gasteiger partial charge in [-0.2, -0.15) is 0 Å². The molecule has 5 nitrogen and oxygen atoms in total. The predicted octanol–water partition coefficient (Wildman–Crippen LogP) is 2.74. The number of rotatable bonds is 7. The highest BCUT2D eigenvalue weighted by molar-refractivity contribution is 5.98. The summed E-state index contributed by atoms with van der Waals surface area (Å²) in [5.74, 6) is -0.831. The van der Waals surface area contributed by atoms with Crippen molar-refractivity contribution in [2.24, 2.45) is 0 Å². The molecule has 0 radical (unpaired) electrons. The summed E-state index contributed by atoms with van der Waals surface area (Å²) in [6, 6.07) is 6.08. The van der Waals surface area contributed by atoms with Gasteiger partial charge in [0.1, 0.15) is 0 Å². The van der Waals surface area contributed by atoms with Crippen LogP contribution < -0.4 is 5.32 Å². The fourth-order valence-electron chi connectivity index (χ4n) is 3.12. The molecule has 1 atom stereocenters. The fraction of sp³-hybridized carbons (Fsp3) is 0.550. The standard InChI is InChI=1S/C20H25NO4/c1-13(20(24)21-17-8-9-17)25-19(23)11-10-18(22)16-7-6-14-4-2-3-5-15(14)12-16/h6-7,12-13,17H,2-5,8-11H2,1H3,(H,21,24)/t13-/m1/s1. The van der Waals surface area contributed by atoms with Crippen molar-refractivity contribution in [3.05, 3.63) is 34.9 Å². The Bertz CT molecular complexity index is 678. The molecule has 3 rings (SSSR count). The number of amides is 1. The highest BCUT2D eigenvalue weighted by Gasteiger charge is 2.27. The van der Waals surface area contributed by atoms with Crippen LogP contribution in [0.25, 0.3) is 0 Å². The van der Waals surface area contributed by atoms with Gasteiger partial charge < -0.3 is 10.1 Å². The quantitative estimate of drug-likeness (QED) is 0.610. The predicted molar refractivity (Wildman–Crippen MR) is 93.4 cm³/mol. The lowest BCUT2D eigenvalue weighted by Gasteiger charge is -2.16. The highest BCUT2D eigenvalue weighted by atomic mass is 16.5. The number of aryl methyl sites for hydroxylation is 2. The molecule has 0 bridgehead atoms. The molecule has 134 valence electrons. The van der Waals surface area contributed by atoms with Crippen molar-refractivity contribution in [1.82, 2.24) is 5.32 Å². The maximum absolute atomic E-state index is 12.3. The first kappa shape index (κ1) is 17.6. The zero-order valence-corrected chi connectivity index (χ0v) is 14.7. The van der Waals surface area contributed by atoms with E-state index in [2.05, 4.69) is 5.32 Å². The van der Waals surface area contributed by atoms with Crippen molar-refractivity contribution >= 4 is 17.7 Å². The van der Waals surface area contributed by atoms with E-state index in [1.807, 2.05) is 18.2 Å². The summed E-state index contributed by atoms with van der Waals surface area (Å²) in [7, 11) is 0. The number of fused-ring (bicyclic) bond motifs is 1. The van der Waals surface area contributed by atoms with Crippen molar-refractivity contribution in [3.63, 3.8) is 0 Å². The van der Waals surface area contributed by atoms with Gasteiger partial charge in [-0.25, -0.2) is 0 Å². The molecule has 2 aliphatic rings. The minimum atomic E-state index is -0.813. The van der Waals surface area contributed by atoms with Crippen molar-refractivity contribution in [3.8, 4) is 0 Å². The van der Waals surface area contributed by atoms with E-state index in [1.165, 1.54) is 17.5 Å². The van der Waals surface area contributed by atoms with E-state index >= 15 is 0 Å². The Morgan fingerprint density at radius 3 is 2.56 bits per heavy atom. The molecule has 1 saturated carbocycles. The summed E-state index contributed by atoms with van der Waals surface area (Å²) >= 11 is 0. The third-order valence-electron chi connectivity index (χ3n) is 4.83. The third-order valence-corrected chi connectivity index (χ3v) is 4.83. The van der Waals surface area contributed by atoms with E-state index in [4.69, 9.17) is 4.74 Å². The first-order chi connectivity index (χ1) is 12.0. The van der Waals surface area contributed by atoms with E-state index in [1.54, 1.807) is 6.92 Å². The number of ketones is 1. The molecule has 1 amide bonds. The smallest absolute Gasteiger partial charge is 0.307 e. The second-order valence-corrected chi connectivity index (χ2v) is 7.03. The Morgan fingerprint density at radius 1 is 1.12 bits per heavy atom. The Kier molecular flexibility index (Phi) is 5.51. The van der Waals surface area contributed by atoms with Gasteiger partial charge in [0.05, 0.1) is 6.42 Å². The van der Waals surface area contributed by atoms with Crippen molar-refractivity contribution in [2.75, 3.05) is 0 Å². The van der Waals surface area contributed by atoms with Gasteiger partial charge >= 0.3 is 5.97 Å². The number of hydrogen-bond acceptors (Lipinski definition) is 4. The lowest BCUT2D eigenvalue weighted by molar-refractivity contribution is -0.154.